The predicted octanol–water partition coefficient (Wildman–Crippen LogP) is 6.24. The molecule has 3 aromatic carbocycles. The van der Waals surface area contributed by atoms with Crippen molar-refractivity contribution in [3.63, 3.8) is 0 Å². The Bertz CT molecular complexity index is 1330. The van der Waals surface area contributed by atoms with Gasteiger partial charge in [0.05, 0.1) is 16.5 Å². The topological polar surface area (TPSA) is 67.9 Å². The maximum Gasteiger partial charge on any atom is 0.285 e. The summed E-state index contributed by atoms with van der Waals surface area (Å²) in [6.45, 7) is 0.375. The highest BCUT2D eigenvalue weighted by molar-refractivity contribution is 9.10. The molecule has 1 aliphatic heterocycles. The molecular weight excluding hydrogens is 572 g/mol. The summed E-state index contributed by atoms with van der Waals surface area (Å²) >= 11 is 15.9. The van der Waals surface area contributed by atoms with Crippen molar-refractivity contribution in [3.8, 4) is 11.5 Å². The van der Waals surface area contributed by atoms with E-state index in [-0.39, 0.29) is 4.32 Å². The number of methoxy groups -OCH3 is 1. The van der Waals surface area contributed by atoms with Gasteiger partial charge in [-0.05, 0) is 75.7 Å². The lowest BCUT2D eigenvalue weighted by Gasteiger charge is -2.15. The number of rotatable bonds is 7. The molecule has 10 heteroatoms. The first-order chi connectivity index (χ1) is 16.9. The van der Waals surface area contributed by atoms with E-state index in [1.54, 1.807) is 37.5 Å². The summed E-state index contributed by atoms with van der Waals surface area (Å²) in [6.07, 6.45) is 1.68. The predicted molar refractivity (Wildman–Crippen MR) is 145 cm³/mol. The second-order valence-corrected chi connectivity index (χ2v) is 10.2. The molecule has 0 unspecified atom stereocenters. The van der Waals surface area contributed by atoms with Crippen LogP contribution < -0.4 is 14.9 Å². The standard InChI is InChI=1S/C25H18BrClN2O4S2/c1-32-20-11-16(10-19(26)22(20)33-14-15-6-3-2-4-7-15)12-21-24(31)29(25(34)35-21)28-23(30)17-8-5-9-18(27)13-17/h2-13H,14H2,1H3,(H,28,30)/b21-12-. The molecule has 0 bridgehead atoms. The summed E-state index contributed by atoms with van der Waals surface area (Å²) < 4.78 is 12.4. The Balaban J connectivity index is 1.51. The first-order valence-electron chi connectivity index (χ1n) is 10.2. The molecule has 0 aliphatic carbocycles. The Hall–Kier alpha value is -2.85. The number of halogens is 2. The van der Waals surface area contributed by atoms with Crippen LogP contribution in [0.1, 0.15) is 21.5 Å². The van der Waals surface area contributed by atoms with Crippen molar-refractivity contribution in [2.45, 2.75) is 6.61 Å². The van der Waals surface area contributed by atoms with Crippen molar-refractivity contribution in [1.29, 1.82) is 0 Å². The van der Waals surface area contributed by atoms with E-state index in [0.29, 0.717) is 43.6 Å². The normalized spacial score (nSPS) is 14.4. The highest BCUT2D eigenvalue weighted by Crippen LogP contribution is 2.39. The molecular formula is C25H18BrClN2O4S2. The molecule has 4 rings (SSSR count). The van der Waals surface area contributed by atoms with Gasteiger partial charge in [0.25, 0.3) is 11.8 Å². The number of carbonyl (C=O) groups excluding carboxylic acids is 2. The molecule has 1 saturated heterocycles. The van der Waals surface area contributed by atoms with Gasteiger partial charge in [0, 0.05) is 10.6 Å². The fourth-order valence-electron chi connectivity index (χ4n) is 3.20. The molecule has 0 spiro atoms. The Kier molecular flexibility index (Phi) is 8.12. The maximum absolute atomic E-state index is 13.0. The minimum atomic E-state index is -0.491. The molecule has 2 amide bonds. The summed E-state index contributed by atoms with van der Waals surface area (Å²) in [6, 6.07) is 19.8. The van der Waals surface area contributed by atoms with Crippen LogP contribution in [0.5, 0.6) is 11.5 Å². The van der Waals surface area contributed by atoms with Crippen molar-refractivity contribution in [3.05, 3.63) is 97.8 Å². The van der Waals surface area contributed by atoms with E-state index in [9.17, 15) is 9.59 Å². The van der Waals surface area contributed by atoms with Crippen LogP contribution >= 0.6 is 51.5 Å². The van der Waals surface area contributed by atoms with E-state index in [1.807, 2.05) is 36.4 Å². The van der Waals surface area contributed by atoms with Gasteiger partial charge >= 0.3 is 0 Å². The van der Waals surface area contributed by atoms with Crippen molar-refractivity contribution in [2.75, 3.05) is 7.11 Å². The number of amides is 2. The van der Waals surface area contributed by atoms with Crippen LogP contribution in [0.2, 0.25) is 5.02 Å². The van der Waals surface area contributed by atoms with Crippen molar-refractivity contribution >= 4 is 73.7 Å². The van der Waals surface area contributed by atoms with Gasteiger partial charge in [-0.1, -0.05) is 59.8 Å². The lowest BCUT2D eigenvalue weighted by Crippen LogP contribution is -2.44. The molecule has 1 heterocycles. The Morgan fingerprint density at radius 3 is 2.66 bits per heavy atom. The van der Waals surface area contributed by atoms with Crippen molar-refractivity contribution in [1.82, 2.24) is 10.4 Å². The van der Waals surface area contributed by atoms with Gasteiger partial charge < -0.3 is 9.47 Å². The number of nitrogens with one attached hydrogen (secondary N) is 1. The van der Waals surface area contributed by atoms with E-state index in [4.69, 9.17) is 33.3 Å². The largest absolute Gasteiger partial charge is 0.493 e. The van der Waals surface area contributed by atoms with Gasteiger partial charge in [-0.3, -0.25) is 15.0 Å². The highest BCUT2D eigenvalue weighted by Gasteiger charge is 2.34. The zero-order valence-electron chi connectivity index (χ0n) is 18.3. The van der Waals surface area contributed by atoms with Gasteiger partial charge in [0.2, 0.25) is 0 Å². The third-order valence-electron chi connectivity index (χ3n) is 4.87. The van der Waals surface area contributed by atoms with Crippen LogP contribution in [0.3, 0.4) is 0 Å². The van der Waals surface area contributed by atoms with E-state index < -0.39 is 11.8 Å². The highest BCUT2D eigenvalue weighted by atomic mass is 79.9. The molecule has 1 fully saturated rings. The van der Waals surface area contributed by atoms with Crippen LogP contribution in [0.25, 0.3) is 6.08 Å². The molecule has 35 heavy (non-hydrogen) atoms. The second kappa shape index (κ2) is 11.3. The molecule has 0 radical (unpaired) electrons. The quantitative estimate of drug-likeness (QED) is 0.260. The summed E-state index contributed by atoms with van der Waals surface area (Å²) in [7, 11) is 1.55. The molecule has 0 aromatic heterocycles. The van der Waals surface area contributed by atoms with Gasteiger partial charge in [-0.2, -0.15) is 5.01 Å². The van der Waals surface area contributed by atoms with Gasteiger partial charge in [-0.25, -0.2) is 0 Å². The third-order valence-corrected chi connectivity index (χ3v) is 7.00. The first kappa shape index (κ1) is 25.2. The summed E-state index contributed by atoms with van der Waals surface area (Å²) in [5.41, 5.74) is 4.58. The number of ether oxygens (including phenoxy) is 2. The summed E-state index contributed by atoms with van der Waals surface area (Å²) in [4.78, 5) is 25.9. The molecule has 1 aliphatic rings. The van der Waals surface area contributed by atoms with Gasteiger partial charge in [0.1, 0.15) is 6.61 Å². The number of hydrazine groups is 1. The van der Waals surface area contributed by atoms with Gasteiger partial charge in [-0.15, -0.1) is 0 Å². The van der Waals surface area contributed by atoms with E-state index in [1.165, 1.54) is 6.07 Å². The van der Waals surface area contributed by atoms with Crippen LogP contribution in [0.15, 0.2) is 76.1 Å². The zero-order chi connectivity index (χ0) is 24.9. The third kappa shape index (κ3) is 6.05. The first-order valence-corrected chi connectivity index (χ1v) is 12.6. The SMILES string of the molecule is COc1cc(/C=C2\SC(=S)N(NC(=O)c3cccc(Cl)c3)C2=O)cc(Br)c1OCc1ccccc1. The number of nitrogens with zero attached hydrogens (tertiary/aromatic N) is 1. The van der Waals surface area contributed by atoms with Crippen LogP contribution in [-0.2, 0) is 11.4 Å². The van der Waals surface area contributed by atoms with Crippen LogP contribution in [-0.4, -0.2) is 28.3 Å². The summed E-state index contributed by atoms with van der Waals surface area (Å²) in [5, 5.41) is 1.47. The molecule has 178 valence electrons. The molecule has 6 nitrogen and oxygen atoms in total. The number of carbonyl (C=O) groups is 2. The lowest BCUT2D eigenvalue weighted by atomic mass is 10.1. The number of thiocarbonyl (C=S) groups is 1. The van der Waals surface area contributed by atoms with Gasteiger partial charge in [0.15, 0.2) is 15.8 Å². The Morgan fingerprint density at radius 2 is 1.94 bits per heavy atom. The van der Waals surface area contributed by atoms with E-state index in [2.05, 4.69) is 21.4 Å². The number of hydrogen-bond acceptors (Lipinski definition) is 6. The molecule has 3 aromatic rings. The monoisotopic (exact) mass is 588 g/mol. The smallest absolute Gasteiger partial charge is 0.285 e. The van der Waals surface area contributed by atoms with Crippen molar-refractivity contribution < 1.29 is 19.1 Å². The maximum atomic E-state index is 13.0. The fraction of sp³-hybridized carbons (Fsp3) is 0.0800. The fourth-order valence-corrected chi connectivity index (χ4v) is 5.15. The molecule has 1 N–H and O–H groups in total. The number of thioether (sulfide) groups is 1. The Labute approximate surface area is 225 Å². The minimum Gasteiger partial charge on any atom is -0.493 e. The average Bonchev–Trinajstić information content (AvgIpc) is 3.10. The Morgan fingerprint density at radius 1 is 1.17 bits per heavy atom. The molecule has 0 saturated carbocycles. The molecule has 0 atom stereocenters. The van der Waals surface area contributed by atoms with E-state index >= 15 is 0 Å². The minimum absolute atomic E-state index is 0.213. The average molecular weight is 590 g/mol. The van der Waals surface area contributed by atoms with Crippen LogP contribution in [0.4, 0.5) is 0 Å². The second-order valence-electron chi connectivity index (χ2n) is 7.28. The summed E-state index contributed by atoms with van der Waals surface area (Å²) in [5.74, 6) is 0.130. The number of hydrogen-bond donors (Lipinski definition) is 1. The van der Waals surface area contributed by atoms with Crippen molar-refractivity contribution in [2.24, 2.45) is 0 Å². The van der Waals surface area contributed by atoms with Crippen LogP contribution in [0, 0.1) is 0 Å². The lowest BCUT2D eigenvalue weighted by molar-refractivity contribution is -0.123. The number of benzene rings is 3. The van der Waals surface area contributed by atoms with E-state index in [0.717, 1.165) is 22.3 Å². The zero-order valence-corrected chi connectivity index (χ0v) is 22.3.